The number of nitrogens with one attached hydrogen (secondary N) is 1. The zero-order chi connectivity index (χ0) is 27.0. The van der Waals surface area contributed by atoms with Crippen LogP contribution in [0.2, 0.25) is 0 Å². The molecule has 0 unspecified atom stereocenters. The third-order valence-electron chi connectivity index (χ3n) is 6.71. The third kappa shape index (κ3) is 5.40. The Balaban J connectivity index is 2.13. The molecule has 192 valence electrons. The van der Waals surface area contributed by atoms with Gasteiger partial charge in [0.25, 0.3) is 0 Å². The second-order valence-electron chi connectivity index (χ2n) is 11.7. The molecule has 0 fully saturated rings. The maximum atomic E-state index is 13.7. The molecule has 0 atom stereocenters. The van der Waals surface area contributed by atoms with Gasteiger partial charge in [-0.1, -0.05) is 83.5 Å². The Labute approximate surface area is 214 Å². The normalized spacial score (nSPS) is 13.5. The third-order valence-corrected chi connectivity index (χ3v) is 6.71. The molecular formula is C31H41N3O2. The monoisotopic (exact) mass is 487 g/mol. The van der Waals surface area contributed by atoms with Gasteiger partial charge in [0.1, 0.15) is 5.75 Å². The molecule has 0 bridgehead atoms. The van der Waals surface area contributed by atoms with Crippen molar-refractivity contribution in [1.82, 2.24) is 9.13 Å². The van der Waals surface area contributed by atoms with Crippen LogP contribution in [0, 0.1) is 12.3 Å². The van der Waals surface area contributed by atoms with Crippen molar-refractivity contribution in [3.63, 3.8) is 0 Å². The van der Waals surface area contributed by atoms with Crippen molar-refractivity contribution in [3.8, 4) is 5.75 Å². The van der Waals surface area contributed by atoms with Gasteiger partial charge in [0, 0.05) is 16.7 Å². The number of phenolic OH excluding ortho intramolecular Hbond substituents is 1. The maximum Gasteiger partial charge on any atom is 0.203 e. The highest BCUT2D eigenvalue weighted by molar-refractivity contribution is 5.96. The van der Waals surface area contributed by atoms with E-state index in [0.29, 0.717) is 12.1 Å². The second kappa shape index (κ2) is 9.96. The van der Waals surface area contributed by atoms with Gasteiger partial charge in [-0.25, -0.2) is 0 Å². The summed E-state index contributed by atoms with van der Waals surface area (Å²) in [7, 11) is 0. The van der Waals surface area contributed by atoms with Gasteiger partial charge in [-0.05, 0) is 49.3 Å². The second-order valence-corrected chi connectivity index (χ2v) is 11.7. The van der Waals surface area contributed by atoms with Crippen LogP contribution >= 0.6 is 0 Å². The molecule has 0 spiro atoms. The Morgan fingerprint density at radius 1 is 0.889 bits per heavy atom. The SMILES string of the molecule is C/C=c1\c(=C/C)n(Cc2ccc(C)cc2)c(=N)n1CC(=O)c1cc(C(C)(C)C)c(O)c(C(C)(C)C)c1. The summed E-state index contributed by atoms with van der Waals surface area (Å²) in [6, 6.07) is 12.0. The molecule has 0 aliphatic rings. The van der Waals surface area contributed by atoms with E-state index in [4.69, 9.17) is 5.41 Å². The van der Waals surface area contributed by atoms with Crippen LogP contribution in [-0.2, 0) is 23.9 Å². The number of ketones is 1. The van der Waals surface area contributed by atoms with Gasteiger partial charge in [0.05, 0.1) is 23.8 Å². The molecular weight excluding hydrogens is 446 g/mol. The van der Waals surface area contributed by atoms with E-state index < -0.39 is 0 Å². The number of aryl methyl sites for hydroxylation is 1. The van der Waals surface area contributed by atoms with Crippen LogP contribution in [0.5, 0.6) is 5.75 Å². The maximum absolute atomic E-state index is 13.7. The van der Waals surface area contributed by atoms with Crippen molar-refractivity contribution < 1.29 is 9.90 Å². The van der Waals surface area contributed by atoms with Crippen molar-refractivity contribution in [3.05, 3.63) is 80.5 Å². The van der Waals surface area contributed by atoms with E-state index >= 15 is 0 Å². The van der Waals surface area contributed by atoms with Gasteiger partial charge in [-0.3, -0.25) is 10.2 Å². The van der Waals surface area contributed by atoms with Crippen LogP contribution < -0.4 is 16.3 Å². The highest BCUT2D eigenvalue weighted by Gasteiger charge is 2.28. The van der Waals surface area contributed by atoms with Crippen molar-refractivity contribution in [2.45, 2.75) is 86.2 Å². The molecule has 0 saturated carbocycles. The lowest BCUT2D eigenvalue weighted by molar-refractivity contribution is 0.0969. The number of carbonyl (C=O) groups is 1. The summed E-state index contributed by atoms with van der Waals surface area (Å²) < 4.78 is 3.73. The van der Waals surface area contributed by atoms with E-state index in [0.717, 1.165) is 27.4 Å². The summed E-state index contributed by atoms with van der Waals surface area (Å²) in [6.07, 6.45) is 3.96. The highest BCUT2D eigenvalue weighted by atomic mass is 16.3. The molecule has 0 aliphatic carbocycles. The predicted octanol–water partition coefficient (Wildman–Crippen LogP) is 4.91. The van der Waals surface area contributed by atoms with Crippen LogP contribution in [0.4, 0.5) is 0 Å². The van der Waals surface area contributed by atoms with Gasteiger partial charge < -0.3 is 14.2 Å². The molecule has 0 aliphatic heterocycles. The molecule has 5 nitrogen and oxygen atoms in total. The molecule has 2 aromatic carbocycles. The number of hydrogen-bond donors (Lipinski definition) is 2. The molecule has 1 aromatic heterocycles. The molecule has 1 heterocycles. The van der Waals surface area contributed by atoms with Crippen molar-refractivity contribution in [1.29, 1.82) is 5.41 Å². The minimum absolute atomic E-state index is 0.0538. The Kier molecular flexibility index (Phi) is 7.54. The van der Waals surface area contributed by atoms with E-state index in [-0.39, 0.29) is 34.5 Å². The van der Waals surface area contributed by atoms with Gasteiger partial charge in [-0.2, -0.15) is 0 Å². The number of benzene rings is 2. The number of carbonyl (C=O) groups excluding carboxylic acids is 1. The number of hydrogen-bond acceptors (Lipinski definition) is 3. The Morgan fingerprint density at radius 2 is 1.36 bits per heavy atom. The number of aromatic hydroxyl groups is 1. The lowest BCUT2D eigenvalue weighted by atomic mass is 9.78. The van der Waals surface area contributed by atoms with E-state index in [9.17, 15) is 9.90 Å². The lowest BCUT2D eigenvalue weighted by Crippen LogP contribution is -2.34. The van der Waals surface area contributed by atoms with Crippen molar-refractivity contribution in [2.75, 3.05) is 0 Å². The van der Waals surface area contributed by atoms with Crippen LogP contribution in [0.1, 0.15) is 88.0 Å². The van der Waals surface area contributed by atoms with Gasteiger partial charge in [0.15, 0.2) is 5.78 Å². The van der Waals surface area contributed by atoms with Crippen molar-refractivity contribution >= 4 is 17.9 Å². The van der Waals surface area contributed by atoms with Crippen LogP contribution in [0.25, 0.3) is 12.2 Å². The standard InChI is InChI=1S/C31H41N3O2/c1-10-25-26(11-2)34(29(32)33(25)18-21-14-12-20(3)13-15-21)19-27(35)22-16-23(30(4,5)6)28(36)24(17-22)31(7,8)9/h10-17,32,36H,18-19H2,1-9H3/b25-10+,26-11+,32-29?. The van der Waals surface area contributed by atoms with Crippen LogP contribution in [-0.4, -0.2) is 20.0 Å². The first-order chi connectivity index (χ1) is 16.7. The van der Waals surface area contributed by atoms with E-state index in [1.165, 1.54) is 5.56 Å². The fourth-order valence-corrected chi connectivity index (χ4v) is 4.63. The highest BCUT2D eigenvalue weighted by Crippen LogP contribution is 2.39. The van der Waals surface area contributed by atoms with Gasteiger partial charge >= 0.3 is 0 Å². The molecule has 0 saturated heterocycles. The lowest BCUT2D eigenvalue weighted by Gasteiger charge is -2.28. The summed E-state index contributed by atoms with van der Waals surface area (Å²) in [4.78, 5) is 13.7. The summed E-state index contributed by atoms with van der Waals surface area (Å²) in [6.45, 7) is 18.8. The number of imidazole rings is 1. The average Bonchev–Trinajstić information content (AvgIpc) is 3.03. The molecule has 0 radical (unpaired) electrons. The van der Waals surface area contributed by atoms with E-state index in [1.807, 2.05) is 84.2 Å². The molecule has 5 heteroatoms. The minimum Gasteiger partial charge on any atom is -0.507 e. The first-order valence-corrected chi connectivity index (χ1v) is 12.6. The Morgan fingerprint density at radius 3 is 1.81 bits per heavy atom. The number of phenols is 1. The Bertz CT molecular complexity index is 1420. The fraction of sp³-hybridized carbons (Fsp3) is 0.419. The smallest absolute Gasteiger partial charge is 0.203 e. The molecule has 2 N–H and O–H groups in total. The largest absolute Gasteiger partial charge is 0.507 e. The van der Waals surface area contributed by atoms with E-state index in [2.05, 4.69) is 31.2 Å². The minimum atomic E-state index is -0.321. The zero-order valence-corrected chi connectivity index (χ0v) is 23.3. The number of rotatable bonds is 5. The Hall–Kier alpha value is -3.34. The summed E-state index contributed by atoms with van der Waals surface area (Å²) in [5, 5.41) is 21.8. The fourth-order valence-electron chi connectivity index (χ4n) is 4.63. The number of aromatic nitrogens is 2. The first kappa shape index (κ1) is 27.3. The molecule has 0 amide bonds. The number of nitrogens with zero attached hydrogens (tertiary/aromatic N) is 2. The number of Topliss-reactive ketones (excluding diaryl/α,β-unsaturated/α-hetero) is 1. The van der Waals surface area contributed by atoms with E-state index in [1.54, 1.807) is 4.57 Å². The first-order valence-electron chi connectivity index (χ1n) is 12.6. The predicted molar refractivity (Wildman–Crippen MR) is 148 cm³/mol. The summed E-state index contributed by atoms with van der Waals surface area (Å²) in [5.74, 6) is 0.179. The average molecular weight is 488 g/mol. The van der Waals surface area contributed by atoms with Gasteiger partial charge in [0.2, 0.25) is 5.62 Å². The summed E-state index contributed by atoms with van der Waals surface area (Å²) >= 11 is 0. The van der Waals surface area contributed by atoms with Crippen molar-refractivity contribution in [2.24, 2.45) is 0 Å². The zero-order valence-electron chi connectivity index (χ0n) is 23.3. The molecule has 3 rings (SSSR count). The quantitative estimate of drug-likeness (QED) is 0.502. The molecule has 3 aromatic rings. The van der Waals surface area contributed by atoms with Crippen LogP contribution in [0.3, 0.4) is 0 Å². The molecule has 36 heavy (non-hydrogen) atoms. The topological polar surface area (TPSA) is 71.0 Å². The summed E-state index contributed by atoms with van der Waals surface area (Å²) in [5.41, 5.74) is 4.03. The van der Waals surface area contributed by atoms with Gasteiger partial charge in [-0.15, -0.1) is 0 Å². The van der Waals surface area contributed by atoms with Crippen LogP contribution in [0.15, 0.2) is 36.4 Å².